The van der Waals surface area contributed by atoms with Crippen LogP contribution in [0.2, 0.25) is 0 Å². The second-order valence-electron chi connectivity index (χ2n) is 5.28. The number of hydrogen-bond donors (Lipinski definition) is 3. The third-order valence-electron chi connectivity index (χ3n) is 3.63. The first-order valence-corrected chi connectivity index (χ1v) is 7.53. The van der Waals surface area contributed by atoms with Gasteiger partial charge in [-0.3, -0.25) is 14.4 Å². The maximum Gasteiger partial charge on any atom is 0.314 e. The number of primary amides is 1. The van der Waals surface area contributed by atoms with Crippen molar-refractivity contribution in [3.05, 3.63) is 59.2 Å². The van der Waals surface area contributed by atoms with Crippen LogP contribution in [0.15, 0.2) is 42.5 Å². The number of carbonyl (C=O) groups is 3. The maximum absolute atomic E-state index is 12.2. The van der Waals surface area contributed by atoms with Crippen LogP contribution in [-0.2, 0) is 16.0 Å². The molecule has 0 saturated heterocycles. The molecule has 4 N–H and O–H groups in total. The Balaban J connectivity index is 2.17. The van der Waals surface area contributed by atoms with Crippen molar-refractivity contribution in [1.82, 2.24) is 0 Å². The summed E-state index contributed by atoms with van der Waals surface area (Å²) in [7, 11) is 0. The van der Waals surface area contributed by atoms with Gasteiger partial charge in [-0.15, -0.1) is 0 Å². The van der Waals surface area contributed by atoms with E-state index in [4.69, 9.17) is 5.73 Å². The van der Waals surface area contributed by atoms with Gasteiger partial charge >= 0.3 is 11.8 Å². The Kier molecular flexibility index (Phi) is 5.31. The smallest absolute Gasteiger partial charge is 0.314 e. The predicted molar refractivity (Wildman–Crippen MR) is 92.8 cm³/mol. The highest BCUT2D eigenvalue weighted by Gasteiger charge is 2.18. The van der Waals surface area contributed by atoms with E-state index < -0.39 is 17.7 Å². The number of nitrogens with two attached hydrogens (primary N) is 1. The zero-order valence-corrected chi connectivity index (χ0v) is 13.6. The largest absolute Gasteiger partial charge is 0.366 e. The van der Waals surface area contributed by atoms with Crippen molar-refractivity contribution in [2.24, 2.45) is 5.73 Å². The molecule has 124 valence electrons. The van der Waals surface area contributed by atoms with Gasteiger partial charge in [0.25, 0.3) is 5.91 Å². The second kappa shape index (κ2) is 7.41. The molecule has 0 unspecified atom stereocenters. The fourth-order valence-corrected chi connectivity index (χ4v) is 2.36. The number of rotatable bonds is 4. The average molecular weight is 325 g/mol. The number of aryl methyl sites for hydroxylation is 2. The van der Waals surface area contributed by atoms with Crippen LogP contribution in [0.4, 0.5) is 11.4 Å². The molecular weight excluding hydrogens is 306 g/mol. The lowest BCUT2D eigenvalue weighted by molar-refractivity contribution is -0.133. The highest BCUT2D eigenvalue weighted by Crippen LogP contribution is 2.21. The molecule has 0 heterocycles. The minimum atomic E-state index is -0.867. The summed E-state index contributed by atoms with van der Waals surface area (Å²) in [5, 5.41) is 5.05. The summed E-state index contributed by atoms with van der Waals surface area (Å²) in [5.74, 6) is -2.36. The van der Waals surface area contributed by atoms with E-state index >= 15 is 0 Å². The van der Waals surface area contributed by atoms with Gasteiger partial charge in [-0.1, -0.05) is 37.3 Å². The molecule has 0 fully saturated rings. The third kappa shape index (κ3) is 3.78. The van der Waals surface area contributed by atoms with Gasteiger partial charge in [0.15, 0.2) is 0 Å². The van der Waals surface area contributed by atoms with E-state index in [9.17, 15) is 14.4 Å². The molecule has 0 spiro atoms. The van der Waals surface area contributed by atoms with Crippen molar-refractivity contribution in [2.45, 2.75) is 20.3 Å². The van der Waals surface area contributed by atoms with Crippen LogP contribution in [-0.4, -0.2) is 17.7 Å². The van der Waals surface area contributed by atoms with Crippen LogP contribution in [0, 0.1) is 6.92 Å². The SMILES string of the molecule is CCc1cccc(C)c1NC(=O)C(=O)Nc1ccccc1C(N)=O. The Hall–Kier alpha value is -3.15. The zero-order valence-electron chi connectivity index (χ0n) is 13.6. The van der Waals surface area contributed by atoms with Crippen molar-refractivity contribution in [1.29, 1.82) is 0 Å². The lowest BCUT2D eigenvalue weighted by Gasteiger charge is -2.13. The van der Waals surface area contributed by atoms with Gasteiger partial charge in [-0.2, -0.15) is 0 Å². The first-order chi connectivity index (χ1) is 11.4. The lowest BCUT2D eigenvalue weighted by atomic mass is 10.1. The molecule has 0 radical (unpaired) electrons. The molecular formula is C18H19N3O3. The van der Waals surface area contributed by atoms with E-state index in [0.29, 0.717) is 5.69 Å². The zero-order chi connectivity index (χ0) is 17.7. The number of anilines is 2. The molecule has 0 aromatic heterocycles. The topological polar surface area (TPSA) is 101 Å². The van der Waals surface area contributed by atoms with E-state index in [0.717, 1.165) is 17.5 Å². The number of amides is 3. The quantitative estimate of drug-likeness (QED) is 0.751. The summed E-state index contributed by atoms with van der Waals surface area (Å²) in [6.07, 6.45) is 0.726. The van der Waals surface area contributed by atoms with Gasteiger partial charge in [-0.05, 0) is 36.6 Å². The van der Waals surface area contributed by atoms with Crippen LogP contribution in [0.5, 0.6) is 0 Å². The summed E-state index contributed by atoms with van der Waals surface area (Å²) in [6, 6.07) is 11.9. The Morgan fingerprint density at radius 3 is 2.29 bits per heavy atom. The second-order valence-corrected chi connectivity index (χ2v) is 5.28. The minimum absolute atomic E-state index is 0.142. The molecule has 24 heavy (non-hydrogen) atoms. The Morgan fingerprint density at radius 2 is 1.62 bits per heavy atom. The van der Waals surface area contributed by atoms with E-state index in [1.165, 1.54) is 12.1 Å². The van der Waals surface area contributed by atoms with Gasteiger partial charge in [0, 0.05) is 5.69 Å². The molecule has 2 aromatic carbocycles. The predicted octanol–water partition coefficient (Wildman–Crippen LogP) is 2.23. The Labute approximate surface area is 140 Å². The molecule has 6 nitrogen and oxygen atoms in total. The van der Waals surface area contributed by atoms with E-state index in [2.05, 4.69) is 10.6 Å². The standard InChI is InChI=1S/C18H19N3O3/c1-3-12-8-6-7-11(2)15(12)21-18(24)17(23)20-14-10-5-4-9-13(14)16(19)22/h4-10H,3H2,1-2H3,(H2,19,22)(H,20,23)(H,21,24). The maximum atomic E-state index is 12.2. The number of carbonyl (C=O) groups excluding carboxylic acids is 3. The van der Waals surface area contributed by atoms with Crippen molar-refractivity contribution in [3.63, 3.8) is 0 Å². The monoisotopic (exact) mass is 325 g/mol. The normalized spacial score (nSPS) is 10.1. The summed E-state index contributed by atoms with van der Waals surface area (Å²) in [5.41, 5.74) is 8.03. The van der Waals surface area contributed by atoms with Crippen molar-refractivity contribution in [3.8, 4) is 0 Å². The van der Waals surface area contributed by atoms with E-state index in [1.54, 1.807) is 12.1 Å². The number of benzene rings is 2. The van der Waals surface area contributed by atoms with Crippen LogP contribution in [0.3, 0.4) is 0 Å². The van der Waals surface area contributed by atoms with Gasteiger partial charge < -0.3 is 16.4 Å². The van der Waals surface area contributed by atoms with Crippen molar-refractivity contribution < 1.29 is 14.4 Å². The fraction of sp³-hybridized carbons (Fsp3) is 0.167. The minimum Gasteiger partial charge on any atom is -0.366 e. The average Bonchev–Trinajstić information content (AvgIpc) is 2.56. The molecule has 0 bridgehead atoms. The number of nitrogens with one attached hydrogen (secondary N) is 2. The lowest BCUT2D eigenvalue weighted by Crippen LogP contribution is -2.30. The summed E-state index contributed by atoms with van der Waals surface area (Å²) in [6.45, 7) is 3.82. The molecule has 0 aliphatic heterocycles. The highest BCUT2D eigenvalue weighted by molar-refractivity contribution is 6.44. The highest BCUT2D eigenvalue weighted by atomic mass is 16.2. The van der Waals surface area contributed by atoms with Crippen LogP contribution < -0.4 is 16.4 Å². The van der Waals surface area contributed by atoms with Crippen molar-refractivity contribution >= 4 is 29.1 Å². The molecule has 2 rings (SSSR count). The van der Waals surface area contributed by atoms with Crippen molar-refractivity contribution in [2.75, 3.05) is 10.6 Å². The summed E-state index contributed by atoms with van der Waals surface area (Å²) < 4.78 is 0. The number of para-hydroxylation sites is 2. The number of hydrogen-bond acceptors (Lipinski definition) is 3. The van der Waals surface area contributed by atoms with Crippen LogP contribution in [0.25, 0.3) is 0 Å². The Bertz CT molecular complexity index is 800. The van der Waals surface area contributed by atoms with Gasteiger partial charge in [0.05, 0.1) is 11.3 Å². The first-order valence-electron chi connectivity index (χ1n) is 7.53. The Morgan fingerprint density at radius 1 is 0.958 bits per heavy atom. The van der Waals surface area contributed by atoms with Gasteiger partial charge in [-0.25, -0.2) is 0 Å². The first kappa shape index (κ1) is 17.2. The summed E-state index contributed by atoms with van der Waals surface area (Å²) in [4.78, 5) is 35.7. The molecule has 0 aliphatic rings. The third-order valence-corrected chi connectivity index (χ3v) is 3.63. The fourth-order valence-electron chi connectivity index (χ4n) is 2.36. The van der Waals surface area contributed by atoms with Gasteiger partial charge in [0.1, 0.15) is 0 Å². The summed E-state index contributed by atoms with van der Waals surface area (Å²) >= 11 is 0. The molecule has 0 saturated carbocycles. The van der Waals surface area contributed by atoms with E-state index in [-0.39, 0.29) is 11.3 Å². The van der Waals surface area contributed by atoms with Gasteiger partial charge in [0.2, 0.25) is 0 Å². The molecule has 2 aromatic rings. The molecule has 0 atom stereocenters. The van der Waals surface area contributed by atoms with Crippen LogP contribution in [0.1, 0.15) is 28.4 Å². The molecule has 0 aliphatic carbocycles. The molecule has 3 amide bonds. The van der Waals surface area contributed by atoms with E-state index in [1.807, 2.05) is 32.0 Å². The molecule has 6 heteroatoms. The van der Waals surface area contributed by atoms with Crippen LogP contribution >= 0.6 is 0 Å².